The molecule has 16 heavy (non-hydrogen) atoms. The van der Waals surface area contributed by atoms with Gasteiger partial charge in [0.15, 0.2) is 0 Å². The van der Waals surface area contributed by atoms with Crippen LogP contribution in [0.3, 0.4) is 0 Å². The maximum absolute atomic E-state index is 13.7. The van der Waals surface area contributed by atoms with Crippen LogP contribution in [0.25, 0.3) is 0 Å². The van der Waals surface area contributed by atoms with E-state index in [0.29, 0.717) is 5.56 Å². The van der Waals surface area contributed by atoms with Crippen LogP contribution in [0.4, 0.5) is 10.2 Å². The van der Waals surface area contributed by atoms with Gasteiger partial charge in [0.1, 0.15) is 11.6 Å². The highest BCUT2D eigenvalue weighted by atomic mass is 19.1. The summed E-state index contributed by atoms with van der Waals surface area (Å²) < 4.78 is 15.6. The molecule has 0 spiro atoms. The molecule has 1 aromatic heterocycles. The van der Waals surface area contributed by atoms with Crippen LogP contribution in [0.15, 0.2) is 36.5 Å². The van der Waals surface area contributed by atoms with Crippen LogP contribution in [-0.4, -0.2) is 16.3 Å². The highest BCUT2D eigenvalue weighted by molar-refractivity contribution is 5.38. The van der Waals surface area contributed by atoms with E-state index in [2.05, 4.69) is 10.4 Å². The van der Waals surface area contributed by atoms with Gasteiger partial charge in [-0.2, -0.15) is 5.10 Å². The lowest BCUT2D eigenvalue weighted by molar-refractivity contribution is 0.459. The topological polar surface area (TPSA) is 29.9 Å². The van der Waals surface area contributed by atoms with Crippen molar-refractivity contribution in [2.75, 3.05) is 11.9 Å². The smallest absolute Gasteiger partial charge is 0.128 e. The summed E-state index contributed by atoms with van der Waals surface area (Å²) in [5, 5.41) is 7.48. The van der Waals surface area contributed by atoms with Gasteiger partial charge in [-0.15, -0.1) is 0 Å². The third kappa shape index (κ3) is 1.38. The molecule has 1 aliphatic heterocycles. The van der Waals surface area contributed by atoms with Crippen LogP contribution in [0.1, 0.15) is 18.0 Å². The molecule has 0 aliphatic carbocycles. The molecule has 1 unspecified atom stereocenters. The van der Waals surface area contributed by atoms with Crippen molar-refractivity contribution >= 4 is 5.82 Å². The molecule has 2 heterocycles. The summed E-state index contributed by atoms with van der Waals surface area (Å²) >= 11 is 0. The van der Waals surface area contributed by atoms with Gasteiger partial charge in [-0.25, -0.2) is 9.07 Å². The minimum Gasteiger partial charge on any atom is -0.370 e. The predicted octanol–water partition coefficient (Wildman–Crippen LogP) is 2.43. The second kappa shape index (κ2) is 3.63. The number of hydrogen-bond donors (Lipinski definition) is 1. The molecule has 82 valence electrons. The number of fused-ring (bicyclic) bond motifs is 1. The second-order valence-electron chi connectivity index (χ2n) is 3.91. The molecule has 0 saturated carbocycles. The Labute approximate surface area is 92.9 Å². The molecule has 3 nitrogen and oxygen atoms in total. The summed E-state index contributed by atoms with van der Waals surface area (Å²) in [6.45, 7) is 0.852. The van der Waals surface area contributed by atoms with Crippen molar-refractivity contribution in [1.82, 2.24) is 9.78 Å². The first-order chi connectivity index (χ1) is 7.86. The monoisotopic (exact) mass is 217 g/mol. The van der Waals surface area contributed by atoms with Gasteiger partial charge >= 0.3 is 0 Å². The molecule has 0 saturated heterocycles. The highest BCUT2D eigenvalue weighted by Gasteiger charge is 2.23. The van der Waals surface area contributed by atoms with Crippen molar-refractivity contribution in [3.05, 3.63) is 47.9 Å². The van der Waals surface area contributed by atoms with Crippen molar-refractivity contribution < 1.29 is 4.39 Å². The van der Waals surface area contributed by atoms with Gasteiger partial charge in [0.25, 0.3) is 0 Å². The molecule has 1 aliphatic rings. The summed E-state index contributed by atoms with van der Waals surface area (Å²) in [6, 6.07) is 8.82. The fraction of sp³-hybridized carbons (Fsp3) is 0.250. The molecule has 1 aromatic carbocycles. The normalized spacial score (nSPS) is 18.9. The second-order valence-corrected chi connectivity index (χ2v) is 3.91. The molecule has 2 aromatic rings. The van der Waals surface area contributed by atoms with Crippen LogP contribution >= 0.6 is 0 Å². The van der Waals surface area contributed by atoms with Crippen LogP contribution < -0.4 is 5.32 Å². The molecule has 1 N–H and O–H groups in total. The van der Waals surface area contributed by atoms with E-state index in [1.54, 1.807) is 12.3 Å². The number of anilines is 1. The Morgan fingerprint density at radius 2 is 2.19 bits per heavy atom. The largest absolute Gasteiger partial charge is 0.370 e. The van der Waals surface area contributed by atoms with Gasteiger partial charge in [0.05, 0.1) is 12.2 Å². The SMILES string of the molecule is Fc1ccccc1C1CCNc2ccnn21. The van der Waals surface area contributed by atoms with Crippen LogP contribution in [0.5, 0.6) is 0 Å². The lowest BCUT2D eigenvalue weighted by Gasteiger charge is -2.26. The molecule has 0 bridgehead atoms. The number of nitrogens with one attached hydrogen (secondary N) is 1. The number of halogens is 1. The van der Waals surface area contributed by atoms with Crippen molar-refractivity contribution in [2.45, 2.75) is 12.5 Å². The first-order valence-electron chi connectivity index (χ1n) is 5.38. The lowest BCUT2D eigenvalue weighted by Crippen LogP contribution is -2.24. The maximum Gasteiger partial charge on any atom is 0.128 e. The fourth-order valence-corrected chi connectivity index (χ4v) is 2.19. The molecule has 3 rings (SSSR count). The summed E-state index contributed by atoms with van der Waals surface area (Å²) in [5.74, 6) is 0.801. The molecular weight excluding hydrogens is 205 g/mol. The van der Waals surface area contributed by atoms with Crippen LogP contribution in [-0.2, 0) is 0 Å². The third-order valence-corrected chi connectivity index (χ3v) is 2.95. The number of rotatable bonds is 1. The Hall–Kier alpha value is -1.84. The van der Waals surface area contributed by atoms with E-state index in [0.717, 1.165) is 18.8 Å². The van der Waals surface area contributed by atoms with Crippen molar-refractivity contribution in [1.29, 1.82) is 0 Å². The Bertz CT molecular complexity index is 506. The zero-order valence-electron chi connectivity index (χ0n) is 8.73. The molecule has 4 heteroatoms. The zero-order valence-corrected chi connectivity index (χ0v) is 8.73. The van der Waals surface area contributed by atoms with Crippen molar-refractivity contribution in [3.8, 4) is 0 Å². The van der Waals surface area contributed by atoms with Gasteiger partial charge < -0.3 is 5.32 Å². The standard InChI is InChI=1S/C12H12FN3/c13-10-4-2-1-3-9(10)11-5-7-14-12-6-8-15-16(11)12/h1-4,6,8,11,14H,5,7H2. The first-order valence-corrected chi connectivity index (χ1v) is 5.38. The predicted molar refractivity (Wildman–Crippen MR) is 59.9 cm³/mol. The lowest BCUT2D eigenvalue weighted by atomic mass is 10.0. The van der Waals surface area contributed by atoms with Crippen molar-refractivity contribution in [3.63, 3.8) is 0 Å². The van der Waals surface area contributed by atoms with E-state index >= 15 is 0 Å². The van der Waals surface area contributed by atoms with Gasteiger partial charge in [-0.3, -0.25) is 0 Å². The zero-order chi connectivity index (χ0) is 11.0. The van der Waals surface area contributed by atoms with E-state index in [1.165, 1.54) is 6.07 Å². The number of aromatic nitrogens is 2. The number of hydrogen-bond acceptors (Lipinski definition) is 2. The Kier molecular flexibility index (Phi) is 2.13. The average molecular weight is 217 g/mol. The highest BCUT2D eigenvalue weighted by Crippen LogP contribution is 2.29. The number of benzene rings is 1. The fourth-order valence-electron chi connectivity index (χ4n) is 2.19. The van der Waals surface area contributed by atoms with E-state index in [-0.39, 0.29) is 11.9 Å². The quantitative estimate of drug-likeness (QED) is 0.795. The van der Waals surface area contributed by atoms with Crippen LogP contribution in [0, 0.1) is 5.82 Å². The Morgan fingerprint density at radius 3 is 3.06 bits per heavy atom. The summed E-state index contributed by atoms with van der Waals surface area (Å²) in [7, 11) is 0. The Balaban J connectivity index is 2.08. The van der Waals surface area contributed by atoms with E-state index in [9.17, 15) is 4.39 Å². The van der Waals surface area contributed by atoms with Gasteiger partial charge in [0, 0.05) is 18.2 Å². The third-order valence-electron chi connectivity index (χ3n) is 2.95. The molecule has 0 amide bonds. The maximum atomic E-state index is 13.7. The summed E-state index contributed by atoms with van der Waals surface area (Å²) in [6.07, 6.45) is 2.59. The van der Waals surface area contributed by atoms with E-state index in [4.69, 9.17) is 0 Å². The van der Waals surface area contributed by atoms with Gasteiger partial charge in [0.2, 0.25) is 0 Å². The molecular formula is C12H12FN3. The Morgan fingerprint density at radius 1 is 1.31 bits per heavy atom. The molecule has 0 fully saturated rings. The minimum absolute atomic E-state index is 0.00690. The first kappa shape index (κ1) is 9.39. The average Bonchev–Trinajstić information content (AvgIpc) is 2.77. The van der Waals surface area contributed by atoms with Crippen LogP contribution in [0.2, 0.25) is 0 Å². The molecule has 1 atom stereocenters. The van der Waals surface area contributed by atoms with Gasteiger partial charge in [-0.05, 0) is 12.5 Å². The minimum atomic E-state index is -0.157. The van der Waals surface area contributed by atoms with Gasteiger partial charge in [-0.1, -0.05) is 18.2 Å². The summed E-state index contributed by atoms with van der Waals surface area (Å²) in [5.41, 5.74) is 0.717. The van der Waals surface area contributed by atoms with E-state index < -0.39 is 0 Å². The molecule has 0 radical (unpaired) electrons. The van der Waals surface area contributed by atoms with E-state index in [1.807, 2.05) is 22.9 Å². The summed E-state index contributed by atoms with van der Waals surface area (Å²) in [4.78, 5) is 0. The number of nitrogens with zero attached hydrogens (tertiary/aromatic N) is 2. The van der Waals surface area contributed by atoms with Crippen molar-refractivity contribution in [2.24, 2.45) is 0 Å².